The second-order valence-corrected chi connectivity index (χ2v) is 9.86. The van der Waals surface area contributed by atoms with Gasteiger partial charge in [-0.1, -0.05) is 6.07 Å². The van der Waals surface area contributed by atoms with E-state index in [2.05, 4.69) is 25.9 Å². The van der Waals surface area contributed by atoms with Crippen LogP contribution in [0.4, 0.5) is 11.5 Å². The molecule has 1 aliphatic carbocycles. The predicted molar refractivity (Wildman–Crippen MR) is 135 cm³/mol. The summed E-state index contributed by atoms with van der Waals surface area (Å²) in [5, 5.41) is 21.0. The van der Waals surface area contributed by atoms with Gasteiger partial charge in [0.15, 0.2) is 0 Å². The molecule has 10 heteroatoms. The average molecular weight is 494 g/mol. The van der Waals surface area contributed by atoms with Crippen molar-refractivity contribution in [3.8, 4) is 5.75 Å². The summed E-state index contributed by atoms with van der Waals surface area (Å²) in [6, 6.07) is 11.3. The number of nitrogens with zero attached hydrogens (tertiary/aromatic N) is 2. The standard InChI is InChI=1S/C25H27N5O4S/c1-34-19-4-2-3-17-22(19)18(9-12-26-17)29-24(32)25(33)10-7-15(8-11-25)27-13-16-5-6-20-23(28-16)30-21(31)14-35-20/h2-6,9,12,15,27,33H,7-8,10-11,13-14H2,1H3,(H,26,29,32)(H,28,30,31)/t15-,25+. The first-order chi connectivity index (χ1) is 16.9. The van der Waals surface area contributed by atoms with E-state index in [1.807, 2.05) is 30.3 Å². The quantitative estimate of drug-likeness (QED) is 0.413. The molecule has 1 saturated carbocycles. The van der Waals surface area contributed by atoms with E-state index in [-0.39, 0.29) is 11.9 Å². The summed E-state index contributed by atoms with van der Waals surface area (Å²) in [5.41, 5.74) is 0.663. The van der Waals surface area contributed by atoms with Gasteiger partial charge in [-0.05, 0) is 56.0 Å². The molecule has 0 bridgehead atoms. The van der Waals surface area contributed by atoms with Crippen LogP contribution in [0.15, 0.2) is 47.5 Å². The van der Waals surface area contributed by atoms with Crippen molar-refractivity contribution in [2.45, 2.75) is 48.8 Å². The maximum absolute atomic E-state index is 13.1. The van der Waals surface area contributed by atoms with Gasteiger partial charge in [-0.25, -0.2) is 4.98 Å². The zero-order valence-corrected chi connectivity index (χ0v) is 20.2. The van der Waals surface area contributed by atoms with E-state index >= 15 is 0 Å². The fraction of sp³-hybridized carbons (Fsp3) is 0.360. The Kier molecular flexibility index (Phi) is 6.59. The van der Waals surface area contributed by atoms with Crippen molar-refractivity contribution in [3.63, 3.8) is 0 Å². The van der Waals surface area contributed by atoms with Crippen molar-refractivity contribution in [1.29, 1.82) is 0 Å². The molecule has 1 aromatic carbocycles. The lowest BCUT2D eigenvalue weighted by molar-refractivity contribution is -0.137. The molecule has 0 saturated heterocycles. The Balaban J connectivity index is 1.19. The number of amides is 2. The smallest absolute Gasteiger partial charge is 0.256 e. The van der Waals surface area contributed by atoms with Gasteiger partial charge in [-0.3, -0.25) is 14.6 Å². The van der Waals surface area contributed by atoms with E-state index in [1.165, 1.54) is 11.8 Å². The molecule has 1 fully saturated rings. The Bertz CT molecular complexity index is 1270. The van der Waals surface area contributed by atoms with Crippen LogP contribution in [0, 0.1) is 0 Å². The van der Waals surface area contributed by atoms with E-state index in [0.717, 1.165) is 10.6 Å². The minimum atomic E-state index is -1.44. The first-order valence-corrected chi connectivity index (χ1v) is 12.6. The number of aromatic nitrogens is 2. The Morgan fingerprint density at radius 2 is 2.09 bits per heavy atom. The number of hydrogen-bond donors (Lipinski definition) is 4. The second-order valence-electron chi connectivity index (χ2n) is 8.84. The first kappa shape index (κ1) is 23.5. The molecule has 0 spiro atoms. The van der Waals surface area contributed by atoms with Crippen LogP contribution in [0.2, 0.25) is 0 Å². The number of fused-ring (bicyclic) bond motifs is 2. The lowest BCUT2D eigenvalue weighted by Gasteiger charge is -2.35. The van der Waals surface area contributed by atoms with Gasteiger partial charge in [0.2, 0.25) is 5.91 Å². The zero-order chi connectivity index (χ0) is 24.4. The molecule has 1 aliphatic heterocycles. The van der Waals surface area contributed by atoms with Crippen molar-refractivity contribution in [2.75, 3.05) is 23.5 Å². The van der Waals surface area contributed by atoms with Crippen molar-refractivity contribution in [2.24, 2.45) is 0 Å². The van der Waals surface area contributed by atoms with Crippen molar-refractivity contribution < 1.29 is 19.4 Å². The number of aliphatic hydroxyl groups is 1. The highest BCUT2D eigenvalue weighted by Gasteiger charge is 2.40. The number of thioether (sulfide) groups is 1. The maximum Gasteiger partial charge on any atom is 0.256 e. The molecular weight excluding hydrogens is 466 g/mol. The van der Waals surface area contributed by atoms with Gasteiger partial charge in [0.1, 0.15) is 17.2 Å². The molecule has 0 atom stereocenters. The number of pyridine rings is 2. The Labute approximate surface area is 207 Å². The molecule has 9 nitrogen and oxygen atoms in total. The van der Waals surface area contributed by atoms with E-state index in [0.29, 0.717) is 66.1 Å². The summed E-state index contributed by atoms with van der Waals surface area (Å²) in [6.07, 6.45) is 3.63. The molecule has 4 N–H and O–H groups in total. The molecule has 182 valence electrons. The fourth-order valence-electron chi connectivity index (χ4n) is 4.56. The number of anilines is 2. The van der Waals surface area contributed by atoms with Gasteiger partial charge in [0.05, 0.1) is 40.0 Å². The van der Waals surface area contributed by atoms with Gasteiger partial charge in [-0.2, -0.15) is 0 Å². The fourth-order valence-corrected chi connectivity index (χ4v) is 5.32. The number of nitrogens with one attached hydrogen (secondary N) is 3. The van der Waals surface area contributed by atoms with Crippen molar-refractivity contribution in [1.82, 2.24) is 15.3 Å². The molecular formula is C25H27N5O4S. The van der Waals surface area contributed by atoms with Crippen LogP contribution in [0.5, 0.6) is 5.75 Å². The third kappa shape index (κ3) is 4.95. The number of carbonyl (C=O) groups is 2. The second kappa shape index (κ2) is 9.80. The predicted octanol–water partition coefficient (Wildman–Crippen LogP) is 3.08. The van der Waals surface area contributed by atoms with Gasteiger partial charge in [0.25, 0.3) is 5.91 Å². The van der Waals surface area contributed by atoms with Gasteiger partial charge < -0.3 is 25.8 Å². The van der Waals surface area contributed by atoms with Crippen LogP contribution in [0.1, 0.15) is 31.4 Å². The lowest BCUT2D eigenvalue weighted by atomic mass is 9.81. The highest BCUT2D eigenvalue weighted by Crippen LogP contribution is 2.34. The van der Waals surface area contributed by atoms with Gasteiger partial charge >= 0.3 is 0 Å². The van der Waals surface area contributed by atoms with Gasteiger partial charge in [0, 0.05) is 18.8 Å². The summed E-state index contributed by atoms with van der Waals surface area (Å²) in [6.45, 7) is 0.548. The third-order valence-electron chi connectivity index (χ3n) is 6.54. The lowest BCUT2D eigenvalue weighted by Crippen LogP contribution is -2.48. The maximum atomic E-state index is 13.1. The molecule has 35 heavy (non-hydrogen) atoms. The Morgan fingerprint density at radius 3 is 2.89 bits per heavy atom. The summed E-state index contributed by atoms with van der Waals surface area (Å²) < 4.78 is 5.44. The largest absolute Gasteiger partial charge is 0.496 e. The summed E-state index contributed by atoms with van der Waals surface area (Å²) in [7, 11) is 1.57. The number of methoxy groups -OCH3 is 1. The zero-order valence-electron chi connectivity index (χ0n) is 19.3. The topological polar surface area (TPSA) is 125 Å². The third-order valence-corrected chi connectivity index (χ3v) is 7.58. The highest BCUT2D eigenvalue weighted by molar-refractivity contribution is 8.00. The van der Waals surface area contributed by atoms with Crippen LogP contribution in [-0.4, -0.2) is 51.4 Å². The molecule has 3 aromatic rings. The van der Waals surface area contributed by atoms with E-state index in [4.69, 9.17) is 4.74 Å². The minimum absolute atomic E-state index is 0.0387. The normalized spacial score (nSPS) is 21.8. The summed E-state index contributed by atoms with van der Waals surface area (Å²) in [4.78, 5) is 34.6. The van der Waals surface area contributed by atoms with Crippen LogP contribution in [0.3, 0.4) is 0 Å². The monoisotopic (exact) mass is 493 g/mol. The SMILES string of the molecule is COc1cccc2nccc(NC(=O)[C@]3(O)CC[C@@H](NCc4ccc5c(n4)NC(=O)CS5)CC3)c12. The molecule has 2 aliphatic rings. The molecule has 5 rings (SSSR count). The molecule has 3 heterocycles. The minimum Gasteiger partial charge on any atom is -0.496 e. The highest BCUT2D eigenvalue weighted by atomic mass is 32.2. The van der Waals surface area contributed by atoms with Crippen molar-refractivity contribution in [3.05, 3.63) is 48.3 Å². The summed E-state index contributed by atoms with van der Waals surface area (Å²) >= 11 is 1.49. The van der Waals surface area contributed by atoms with E-state index in [1.54, 1.807) is 19.4 Å². The average Bonchev–Trinajstić information content (AvgIpc) is 2.87. The molecule has 2 amide bonds. The van der Waals surface area contributed by atoms with E-state index in [9.17, 15) is 14.7 Å². The van der Waals surface area contributed by atoms with Crippen LogP contribution in [0.25, 0.3) is 10.9 Å². The Hall–Kier alpha value is -3.21. The molecule has 0 unspecified atom stereocenters. The Morgan fingerprint density at radius 1 is 1.26 bits per heavy atom. The number of ether oxygens (including phenoxy) is 1. The molecule has 2 aromatic heterocycles. The van der Waals surface area contributed by atoms with Crippen LogP contribution < -0.4 is 20.7 Å². The summed E-state index contributed by atoms with van der Waals surface area (Å²) in [5.74, 6) is 1.18. The molecule has 0 radical (unpaired) electrons. The van der Waals surface area contributed by atoms with Crippen molar-refractivity contribution >= 4 is 46.0 Å². The van der Waals surface area contributed by atoms with Gasteiger partial charge in [-0.15, -0.1) is 11.8 Å². The van der Waals surface area contributed by atoms with Crippen LogP contribution >= 0.6 is 11.8 Å². The number of carbonyl (C=O) groups excluding carboxylic acids is 2. The van der Waals surface area contributed by atoms with Crippen LogP contribution in [-0.2, 0) is 16.1 Å². The first-order valence-electron chi connectivity index (χ1n) is 11.6. The number of benzene rings is 1. The van der Waals surface area contributed by atoms with E-state index < -0.39 is 11.5 Å². The number of hydrogen-bond acceptors (Lipinski definition) is 8. The number of rotatable bonds is 6.